The first-order valence-electron chi connectivity index (χ1n) is 9.72. The third kappa shape index (κ3) is 6.84. The molecule has 27 heavy (non-hydrogen) atoms. The van der Waals surface area contributed by atoms with Crippen molar-refractivity contribution in [1.29, 1.82) is 0 Å². The number of hydrogen-bond donors (Lipinski definition) is 2. The summed E-state index contributed by atoms with van der Waals surface area (Å²) in [7, 11) is -2.10. The fraction of sp³-hybridized carbons (Fsp3) is 0.700. The molecule has 1 aromatic rings. The largest absolute Gasteiger partial charge is 0.390 e. The number of aliphatic hydroxyl groups is 2. The Kier molecular flexibility index (Phi) is 8.69. The zero-order chi connectivity index (χ0) is 19.9. The van der Waals surface area contributed by atoms with Crippen LogP contribution < -0.4 is 0 Å². The highest BCUT2D eigenvalue weighted by Crippen LogP contribution is 2.25. The quantitative estimate of drug-likeness (QED) is 0.755. The number of hydrogen-bond acceptors (Lipinski definition) is 6. The third-order valence-electron chi connectivity index (χ3n) is 5.20. The van der Waals surface area contributed by atoms with E-state index in [2.05, 4.69) is 0 Å². The average Bonchev–Trinajstić information content (AvgIpc) is 2.65. The fourth-order valence-corrected chi connectivity index (χ4v) is 4.60. The molecule has 0 aromatic heterocycles. The van der Waals surface area contributed by atoms with E-state index < -0.39 is 22.3 Å². The lowest BCUT2D eigenvalue weighted by molar-refractivity contribution is -0.0359. The second kappa shape index (κ2) is 10.5. The Hall–Kier alpha value is -0.990. The smallest absolute Gasteiger partial charge is 0.297 e. The van der Waals surface area contributed by atoms with Crippen LogP contribution in [0.3, 0.4) is 0 Å². The molecule has 154 valence electrons. The summed E-state index contributed by atoms with van der Waals surface area (Å²) in [6.45, 7) is 1.89. The van der Waals surface area contributed by atoms with Gasteiger partial charge in [0.05, 0.1) is 23.2 Å². The molecule has 2 saturated carbocycles. The van der Waals surface area contributed by atoms with Crippen molar-refractivity contribution in [1.82, 2.24) is 0 Å². The van der Waals surface area contributed by atoms with E-state index in [0.717, 1.165) is 37.7 Å². The highest BCUT2D eigenvalue weighted by molar-refractivity contribution is 7.86. The molecule has 2 N–H and O–H groups in total. The van der Waals surface area contributed by atoms with Gasteiger partial charge in [0.2, 0.25) is 0 Å². The lowest BCUT2D eigenvalue weighted by atomic mass is 9.95. The van der Waals surface area contributed by atoms with Gasteiger partial charge >= 0.3 is 0 Å². The Morgan fingerprint density at radius 1 is 0.852 bits per heavy atom. The molecule has 0 radical (unpaired) electrons. The molecule has 7 heteroatoms. The topological polar surface area (TPSA) is 93.1 Å². The zero-order valence-corrected chi connectivity index (χ0v) is 17.0. The maximum Gasteiger partial charge on any atom is 0.297 e. The monoisotopic (exact) mass is 400 g/mol. The fourth-order valence-electron chi connectivity index (χ4n) is 3.46. The molecule has 0 bridgehead atoms. The summed E-state index contributed by atoms with van der Waals surface area (Å²) in [4.78, 5) is 0.144. The maximum atomic E-state index is 12.0. The summed E-state index contributed by atoms with van der Waals surface area (Å²) in [5.74, 6) is 0. The molecular formula is C20H32O6S. The first-order valence-corrected chi connectivity index (χ1v) is 11.1. The van der Waals surface area contributed by atoms with E-state index in [1.807, 2.05) is 6.92 Å². The van der Waals surface area contributed by atoms with Crippen LogP contribution in [0.25, 0.3) is 0 Å². The Balaban J connectivity index is 0.000000244. The summed E-state index contributed by atoms with van der Waals surface area (Å²) in [6.07, 6.45) is 5.93. The molecule has 2 aliphatic rings. The van der Waals surface area contributed by atoms with Crippen molar-refractivity contribution in [2.24, 2.45) is 0 Å². The predicted octanol–water partition coefficient (Wildman–Crippen LogP) is 2.94. The summed E-state index contributed by atoms with van der Waals surface area (Å²) < 4.78 is 34.2. The molecule has 0 spiro atoms. The maximum absolute atomic E-state index is 12.0. The Morgan fingerprint density at radius 2 is 1.33 bits per heavy atom. The molecule has 4 atom stereocenters. The highest BCUT2D eigenvalue weighted by Gasteiger charge is 2.29. The van der Waals surface area contributed by atoms with E-state index in [-0.39, 0.29) is 17.1 Å². The minimum atomic E-state index is -3.77. The average molecular weight is 401 g/mol. The molecule has 3 rings (SSSR count). The van der Waals surface area contributed by atoms with E-state index >= 15 is 0 Å². The molecule has 0 amide bonds. The van der Waals surface area contributed by atoms with Crippen molar-refractivity contribution < 1.29 is 27.6 Å². The SMILES string of the molecule is CO[C@@H]1CCCC[C@@H]1O.Cc1ccc(S(=O)(=O)O[C@@H]2CCCC[C@@H]2O)cc1. The summed E-state index contributed by atoms with van der Waals surface area (Å²) in [5.41, 5.74) is 0.992. The van der Waals surface area contributed by atoms with Crippen molar-refractivity contribution in [3.05, 3.63) is 29.8 Å². The van der Waals surface area contributed by atoms with E-state index in [4.69, 9.17) is 8.92 Å². The van der Waals surface area contributed by atoms with Gasteiger partial charge in [-0.15, -0.1) is 0 Å². The van der Waals surface area contributed by atoms with Gasteiger partial charge in [-0.25, -0.2) is 0 Å². The van der Waals surface area contributed by atoms with Crippen LogP contribution in [0, 0.1) is 6.92 Å². The lowest BCUT2D eigenvalue weighted by Crippen LogP contribution is -2.34. The molecule has 0 heterocycles. The standard InChI is InChI=1S/C13H18O4S.C7H14O2/c1-10-6-8-11(9-7-10)18(15,16)17-13-5-3-2-4-12(13)14;1-9-7-5-3-2-4-6(7)8/h6-9,12-14H,2-5H2,1H3;6-8H,2-5H2,1H3/t12-,13+;6-,7+/m00/s1. The van der Waals surface area contributed by atoms with Crippen LogP contribution in [0.2, 0.25) is 0 Å². The Bertz CT molecular complexity index is 658. The number of methoxy groups -OCH3 is 1. The van der Waals surface area contributed by atoms with E-state index in [1.54, 1.807) is 19.2 Å². The second-order valence-corrected chi connectivity index (χ2v) is 8.95. The minimum Gasteiger partial charge on any atom is -0.390 e. The van der Waals surface area contributed by atoms with Crippen molar-refractivity contribution in [2.45, 2.75) is 87.6 Å². The van der Waals surface area contributed by atoms with E-state index in [1.165, 1.54) is 18.6 Å². The minimum absolute atomic E-state index is 0.110. The lowest BCUT2D eigenvalue weighted by Gasteiger charge is -2.26. The molecule has 2 aliphatic carbocycles. The van der Waals surface area contributed by atoms with Gasteiger partial charge in [0.25, 0.3) is 10.1 Å². The number of benzene rings is 1. The summed E-state index contributed by atoms with van der Waals surface area (Å²) >= 11 is 0. The predicted molar refractivity (Wildman–Crippen MR) is 103 cm³/mol. The molecule has 0 unspecified atom stereocenters. The summed E-state index contributed by atoms with van der Waals surface area (Å²) in [6, 6.07) is 6.51. The van der Waals surface area contributed by atoms with Crippen molar-refractivity contribution >= 4 is 10.1 Å². The normalized spacial score (nSPS) is 28.9. The first kappa shape index (κ1) is 22.3. The molecule has 2 fully saturated rings. The number of ether oxygens (including phenoxy) is 1. The number of aryl methyl sites for hydroxylation is 1. The number of rotatable bonds is 4. The summed E-state index contributed by atoms with van der Waals surface area (Å²) in [5, 5.41) is 19.0. The highest BCUT2D eigenvalue weighted by atomic mass is 32.2. The van der Waals surface area contributed by atoms with E-state index in [0.29, 0.717) is 12.8 Å². The Labute approximate surface area is 162 Å². The van der Waals surface area contributed by atoms with Gasteiger partial charge in [-0.1, -0.05) is 43.4 Å². The van der Waals surface area contributed by atoms with Crippen LogP contribution in [0.15, 0.2) is 29.2 Å². The molecule has 0 saturated heterocycles. The van der Waals surface area contributed by atoms with Gasteiger partial charge < -0.3 is 14.9 Å². The van der Waals surface area contributed by atoms with Gasteiger partial charge in [-0.05, 0) is 44.7 Å². The van der Waals surface area contributed by atoms with Crippen LogP contribution >= 0.6 is 0 Å². The van der Waals surface area contributed by atoms with Crippen molar-refractivity contribution in [3.8, 4) is 0 Å². The molecule has 1 aromatic carbocycles. The van der Waals surface area contributed by atoms with Crippen LogP contribution in [0.4, 0.5) is 0 Å². The zero-order valence-electron chi connectivity index (χ0n) is 16.2. The van der Waals surface area contributed by atoms with Gasteiger partial charge in [0.15, 0.2) is 0 Å². The van der Waals surface area contributed by atoms with E-state index in [9.17, 15) is 18.6 Å². The van der Waals surface area contributed by atoms with Crippen LogP contribution in [0.1, 0.15) is 56.9 Å². The van der Waals surface area contributed by atoms with Crippen molar-refractivity contribution in [3.63, 3.8) is 0 Å². The van der Waals surface area contributed by atoms with Crippen LogP contribution in [-0.4, -0.2) is 50.2 Å². The van der Waals surface area contributed by atoms with Gasteiger partial charge in [0, 0.05) is 7.11 Å². The molecule has 6 nitrogen and oxygen atoms in total. The molecular weight excluding hydrogens is 368 g/mol. The van der Waals surface area contributed by atoms with Crippen LogP contribution in [-0.2, 0) is 19.0 Å². The second-order valence-electron chi connectivity index (χ2n) is 7.38. The van der Waals surface area contributed by atoms with Crippen LogP contribution in [0.5, 0.6) is 0 Å². The number of aliphatic hydroxyl groups excluding tert-OH is 2. The third-order valence-corrected chi connectivity index (χ3v) is 6.55. The van der Waals surface area contributed by atoms with Crippen molar-refractivity contribution in [2.75, 3.05) is 7.11 Å². The van der Waals surface area contributed by atoms with Gasteiger partial charge in [-0.3, -0.25) is 4.18 Å². The van der Waals surface area contributed by atoms with Gasteiger partial charge in [0.1, 0.15) is 6.10 Å². The van der Waals surface area contributed by atoms with Gasteiger partial charge in [-0.2, -0.15) is 8.42 Å². The first-order chi connectivity index (χ1) is 12.8. The Morgan fingerprint density at radius 3 is 1.78 bits per heavy atom. The molecule has 0 aliphatic heterocycles.